The van der Waals surface area contributed by atoms with Crippen molar-refractivity contribution < 1.29 is 28.3 Å². The van der Waals surface area contributed by atoms with Crippen LogP contribution in [0.2, 0.25) is 10.0 Å². The van der Waals surface area contributed by atoms with E-state index in [9.17, 15) is 9.59 Å². The van der Waals surface area contributed by atoms with Crippen molar-refractivity contribution in [3.63, 3.8) is 0 Å². The van der Waals surface area contributed by atoms with Crippen molar-refractivity contribution in [2.75, 3.05) is 19.5 Å². The van der Waals surface area contributed by atoms with Crippen LogP contribution in [-0.4, -0.2) is 43.7 Å². The number of rotatable bonds is 11. The Hall–Kier alpha value is -3.40. The lowest BCUT2D eigenvalue weighted by Gasteiger charge is -2.33. The Morgan fingerprint density at radius 1 is 1.15 bits per heavy atom. The third-order valence-corrected chi connectivity index (χ3v) is 8.12. The lowest BCUT2D eigenvalue weighted by atomic mass is 9.80. The maximum absolute atomic E-state index is 12.6. The number of halogens is 2. The number of aliphatic imine (C=N–C) groups is 1. The average molecular weight is 600 g/mol. The smallest absolute Gasteiger partial charge is 0.345 e. The predicted molar refractivity (Wildman–Crippen MR) is 156 cm³/mol. The van der Waals surface area contributed by atoms with Crippen LogP contribution in [0.4, 0.5) is 10.5 Å². The molecule has 0 aliphatic heterocycles. The van der Waals surface area contributed by atoms with E-state index in [1.54, 1.807) is 36.5 Å². The number of anilines is 1. The van der Waals surface area contributed by atoms with E-state index in [1.807, 2.05) is 0 Å². The first-order chi connectivity index (χ1) is 19.9. The SMILES string of the molecule is COC(=O)c1ccc(NC(=O)N=CCC(OCc2c(-c3c(Cl)cccc3Cl)noc2C2CC2)C2CCC2)c(OC)c1. The van der Waals surface area contributed by atoms with Gasteiger partial charge in [0, 0.05) is 29.7 Å². The molecule has 1 heterocycles. The Balaban J connectivity index is 1.26. The number of amides is 2. The summed E-state index contributed by atoms with van der Waals surface area (Å²) in [4.78, 5) is 28.4. The van der Waals surface area contributed by atoms with Gasteiger partial charge in [-0.05, 0) is 61.9 Å². The van der Waals surface area contributed by atoms with Crippen LogP contribution in [-0.2, 0) is 16.1 Å². The van der Waals surface area contributed by atoms with Gasteiger partial charge in [-0.3, -0.25) is 0 Å². The molecule has 2 aliphatic rings. The monoisotopic (exact) mass is 599 g/mol. The Kier molecular flexibility index (Phi) is 9.27. The molecule has 0 radical (unpaired) electrons. The van der Waals surface area contributed by atoms with Crippen molar-refractivity contribution in [1.29, 1.82) is 0 Å². The third kappa shape index (κ3) is 6.74. The molecule has 9 nitrogen and oxygen atoms in total. The molecule has 1 unspecified atom stereocenters. The van der Waals surface area contributed by atoms with E-state index in [4.69, 9.17) is 41.9 Å². The standard InChI is InChI=1S/C30H31Cl2N3O6/c1-38-25-15-19(29(36)39-2)11-12-23(25)34-30(37)33-14-13-24(17-5-3-6-17)40-16-20-27(35-41-28(20)18-9-10-18)26-21(31)7-4-8-22(26)32/h4,7-8,11-12,14-15,17-18,24H,3,5-6,9-10,13,16H2,1-2H3,(H,34,37). The first-order valence-electron chi connectivity index (χ1n) is 13.5. The van der Waals surface area contributed by atoms with Gasteiger partial charge in [0.15, 0.2) is 0 Å². The highest BCUT2D eigenvalue weighted by Gasteiger charge is 2.35. The molecular formula is C30H31Cl2N3O6. The van der Waals surface area contributed by atoms with Crippen molar-refractivity contribution in [3.05, 3.63) is 63.3 Å². The number of ether oxygens (including phenoxy) is 3. The molecule has 0 spiro atoms. The lowest BCUT2D eigenvalue weighted by molar-refractivity contribution is -0.0186. The molecule has 2 aliphatic carbocycles. The summed E-state index contributed by atoms with van der Waals surface area (Å²) < 4.78 is 22.3. The van der Waals surface area contributed by atoms with Crippen molar-refractivity contribution in [2.45, 2.75) is 57.2 Å². The quantitative estimate of drug-likeness (QED) is 0.177. The zero-order valence-corrected chi connectivity index (χ0v) is 24.3. The van der Waals surface area contributed by atoms with Crippen molar-refractivity contribution >= 4 is 47.1 Å². The molecule has 0 bridgehead atoms. The van der Waals surface area contributed by atoms with Crippen LogP contribution < -0.4 is 10.1 Å². The van der Waals surface area contributed by atoms with Crippen molar-refractivity contribution in [2.24, 2.45) is 10.9 Å². The number of aromatic nitrogens is 1. The van der Waals surface area contributed by atoms with Crippen LogP contribution in [0, 0.1) is 5.92 Å². The van der Waals surface area contributed by atoms with Crippen LogP contribution in [0.3, 0.4) is 0 Å². The number of hydrogen-bond donors (Lipinski definition) is 1. The van der Waals surface area contributed by atoms with E-state index in [-0.39, 0.29) is 12.7 Å². The molecule has 1 N–H and O–H groups in total. The largest absolute Gasteiger partial charge is 0.495 e. The summed E-state index contributed by atoms with van der Waals surface area (Å²) >= 11 is 13.0. The van der Waals surface area contributed by atoms with Gasteiger partial charge in [0.05, 0.1) is 48.2 Å². The summed E-state index contributed by atoms with van der Waals surface area (Å²) in [6.45, 7) is 0.289. The second kappa shape index (κ2) is 13.1. The van der Waals surface area contributed by atoms with Crippen molar-refractivity contribution in [3.8, 4) is 17.0 Å². The molecule has 41 heavy (non-hydrogen) atoms. The Labute approximate surface area is 248 Å². The summed E-state index contributed by atoms with van der Waals surface area (Å²) in [5.74, 6) is 1.33. The number of benzene rings is 2. The summed E-state index contributed by atoms with van der Waals surface area (Å²) in [7, 11) is 2.75. The van der Waals surface area contributed by atoms with Gasteiger partial charge in [-0.15, -0.1) is 0 Å². The number of carbonyl (C=O) groups is 2. The fourth-order valence-corrected chi connectivity index (χ4v) is 5.45. The number of methoxy groups -OCH3 is 2. The molecule has 1 aromatic heterocycles. The number of hydrogen-bond acceptors (Lipinski definition) is 7. The van der Waals surface area contributed by atoms with Gasteiger partial charge in [-0.25, -0.2) is 14.6 Å². The van der Waals surface area contributed by atoms with Gasteiger partial charge >= 0.3 is 12.0 Å². The molecule has 2 saturated carbocycles. The van der Waals surface area contributed by atoms with E-state index < -0.39 is 12.0 Å². The molecule has 1 atom stereocenters. The average Bonchev–Trinajstić information content (AvgIpc) is 3.70. The van der Waals surface area contributed by atoms with E-state index in [0.717, 1.165) is 43.4 Å². The zero-order chi connectivity index (χ0) is 28.9. The second-order valence-corrected chi connectivity index (χ2v) is 11.0. The summed E-state index contributed by atoms with van der Waals surface area (Å²) in [6.07, 6.45) is 7.24. The molecule has 11 heteroatoms. The minimum atomic E-state index is -0.563. The molecule has 2 fully saturated rings. The van der Waals surface area contributed by atoms with Crippen LogP contribution in [0.1, 0.15) is 66.1 Å². The second-order valence-electron chi connectivity index (χ2n) is 10.2. The zero-order valence-electron chi connectivity index (χ0n) is 22.8. The fourth-order valence-electron chi connectivity index (χ4n) is 4.87. The van der Waals surface area contributed by atoms with Gasteiger partial charge in [0.1, 0.15) is 17.2 Å². The highest BCUT2D eigenvalue weighted by molar-refractivity contribution is 6.39. The summed E-state index contributed by atoms with van der Waals surface area (Å²) in [5, 5.41) is 8.04. The minimum absolute atomic E-state index is 0.134. The summed E-state index contributed by atoms with van der Waals surface area (Å²) in [5.41, 5.74) is 2.81. The highest BCUT2D eigenvalue weighted by Crippen LogP contribution is 2.46. The van der Waals surface area contributed by atoms with Gasteiger partial charge in [-0.1, -0.05) is 40.8 Å². The van der Waals surface area contributed by atoms with E-state index in [0.29, 0.717) is 56.6 Å². The number of esters is 1. The molecule has 5 rings (SSSR count). The minimum Gasteiger partial charge on any atom is -0.495 e. The Bertz CT molecular complexity index is 1430. The van der Waals surface area contributed by atoms with Gasteiger partial charge in [-0.2, -0.15) is 0 Å². The number of nitrogens with zero attached hydrogens (tertiary/aromatic N) is 2. The Morgan fingerprint density at radius 2 is 1.90 bits per heavy atom. The molecule has 216 valence electrons. The molecule has 2 amide bonds. The van der Waals surface area contributed by atoms with Gasteiger partial charge in [0.25, 0.3) is 0 Å². The highest BCUT2D eigenvalue weighted by atomic mass is 35.5. The van der Waals surface area contributed by atoms with Gasteiger partial charge < -0.3 is 24.1 Å². The van der Waals surface area contributed by atoms with Crippen LogP contribution in [0.25, 0.3) is 11.3 Å². The number of urea groups is 1. The molecule has 3 aromatic rings. The number of nitrogens with one attached hydrogen (secondary N) is 1. The Morgan fingerprint density at radius 3 is 2.54 bits per heavy atom. The van der Waals surface area contributed by atoms with Crippen LogP contribution in [0.5, 0.6) is 5.75 Å². The van der Waals surface area contributed by atoms with Crippen LogP contribution >= 0.6 is 23.2 Å². The molecule has 2 aromatic carbocycles. The first kappa shape index (κ1) is 29.1. The normalized spacial score (nSPS) is 15.9. The molecule has 0 saturated heterocycles. The summed E-state index contributed by atoms with van der Waals surface area (Å²) in [6, 6.07) is 9.39. The molecular weight excluding hydrogens is 569 g/mol. The maximum Gasteiger partial charge on any atom is 0.345 e. The van der Waals surface area contributed by atoms with Crippen molar-refractivity contribution in [1.82, 2.24) is 5.16 Å². The topological polar surface area (TPSA) is 112 Å². The van der Waals surface area contributed by atoms with Crippen LogP contribution in [0.15, 0.2) is 45.9 Å². The lowest BCUT2D eigenvalue weighted by Crippen LogP contribution is -2.30. The van der Waals surface area contributed by atoms with E-state index >= 15 is 0 Å². The van der Waals surface area contributed by atoms with E-state index in [2.05, 4.69) is 15.5 Å². The predicted octanol–water partition coefficient (Wildman–Crippen LogP) is 7.70. The fraction of sp³-hybridized carbons (Fsp3) is 0.400. The third-order valence-electron chi connectivity index (χ3n) is 7.49. The first-order valence-corrected chi connectivity index (χ1v) is 14.3. The maximum atomic E-state index is 12.6. The van der Waals surface area contributed by atoms with Gasteiger partial charge in [0.2, 0.25) is 0 Å². The van der Waals surface area contributed by atoms with E-state index in [1.165, 1.54) is 20.3 Å². The number of carbonyl (C=O) groups excluding carboxylic acids is 2.